The zero-order chi connectivity index (χ0) is 12.8. The summed E-state index contributed by atoms with van der Waals surface area (Å²) >= 11 is 0. The zero-order valence-corrected chi connectivity index (χ0v) is 10.5. The molecule has 0 aliphatic rings. The molecule has 1 rings (SSSR count). The Kier molecular flexibility index (Phi) is 5.10. The molecule has 0 unspecified atom stereocenters. The van der Waals surface area contributed by atoms with Crippen molar-refractivity contribution in [1.29, 1.82) is 0 Å². The molecule has 0 aromatic heterocycles. The van der Waals surface area contributed by atoms with E-state index in [4.69, 9.17) is 0 Å². The van der Waals surface area contributed by atoms with Crippen LogP contribution in [-0.2, 0) is 0 Å². The van der Waals surface area contributed by atoms with Crippen LogP contribution >= 0.6 is 0 Å². The lowest BCUT2D eigenvalue weighted by molar-refractivity contribution is 0.0949. The van der Waals surface area contributed by atoms with Crippen molar-refractivity contribution in [3.05, 3.63) is 35.1 Å². The van der Waals surface area contributed by atoms with E-state index >= 15 is 0 Å². The minimum absolute atomic E-state index is 0.0974. The van der Waals surface area contributed by atoms with E-state index < -0.39 is 5.82 Å². The van der Waals surface area contributed by atoms with Crippen LogP contribution in [0.2, 0.25) is 0 Å². The van der Waals surface area contributed by atoms with Gasteiger partial charge in [-0.05, 0) is 24.6 Å². The first-order chi connectivity index (χ1) is 8.00. The molecular weight excluding hydrogens is 219 g/mol. The maximum atomic E-state index is 13.5. The van der Waals surface area contributed by atoms with Crippen LogP contribution in [-0.4, -0.2) is 25.0 Å². The van der Waals surface area contributed by atoms with Crippen molar-refractivity contribution in [2.24, 2.45) is 0 Å². The summed E-state index contributed by atoms with van der Waals surface area (Å²) in [6, 6.07) is 4.98. The van der Waals surface area contributed by atoms with Gasteiger partial charge in [0.15, 0.2) is 0 Å². The van der Waals surface area contributed by atoms with Crippen LogP contribution in [0.25, 0.3) is 0 Å². The van der Waals surface area contributed by atoms with Crippen LogP contribution < -0.4 is 10.6 Å². The average molecular weight is 238 g/mol. The molecule has 0 saturated heterocycles. The van der Waals surface area contributed by atoms with Gasteiger partial charge in [0.05, 0.1) is 5.56 Å². The normalized spacial score (nSPS) is 10.6. The Hall–Kier alpha value is -1.42. The van der Waals surface area contributed by atoms with Crippen molar-refractivity contribution in [2.45, 2.75) is 26.8 Å². The highest BCUT2D eigenvalue weighted by atomic mass is 19.1. The maximum Gasteiger partial charge on any atom is 0.254 e. The van der Waals surface area contributed by atoms with E-state index in [1.54, 1.807) is 13.0 Å². The quantitative estimate of drug-likeness (QED) is 0.769. The highest BCUT2D eigenvalue weighted by Gasteiger charge is 2.10. The number of carbonyl (C=O) groups is 1. The molecule has 3 nitrogen and oxygen atoms in total. The van der Waals surface area contributed by atoms with E-state index in [9.17, 15) is 9.18 Å². The lowest BCUT2D eigenvalue weighted by atomic mass is 10.1. The predicted octanol–water partition coefficient (Wildman–Crippen LogP) is 1.86. The molecule has 1 aromatic rings. The molecular formula is C13H19FN2O. The van der Waals surface area contributed by atoms with Gasteiger partial charge in [0, 0.05) is 19.1 Å². The summed E-state index contributed by atoms with van der Waals surface area (Å²) in [5.74, 6) is -0.840. The molecule has 0 atom stereocenters. The van der Waals surface area contributed by atoms with Crippen LogP contribution in [0.5, 0.6) is 0 Å². The van der Waals surface area contributed by atoms with Crippen molar-refractivity contribution in [2.75, 3.05) is 13.1 Å². The van der Waals surface area contributed by atoms with Crippen molar-refractivity contribution >= 4 is 5.91 Å². The summed E-state index contributed by atoms with van der Waals surface area (Å²) in [4.78, 5) is 11.6. The summed E-state index contributed by atoms with van der Waals surface area (Å²) in [5, 5.41) is 5.84. The highest BCUT2D eigenvalue weighted by molar-refractivity contribution is 5.94. The summed E-state index contributed by atoms with van der Waals surface area (Å²) in [5.41, 5.74) is 0.903. The van der Waals surface area contributed by atoms with Crippen LogP contribution in [0, 0.1) is 12.7 Å². The Morgan fingerprint density at radius 1 is 1.35 bits per heavy atom. The fraction of sp³-hybridized carbons (Fsp3) is 0.462. The third-order valence-corrected chi connectivity index (χ3v) is 2.33. The van der Waals surface area contributed by atoms with Crippen LogP contribution in [0.4, 0.5) is 4.39 Å². The molecule has 0 spiro atoms. The third-order valence-electron chi connectivity index (χ3n) is 2.33. The topological polar surface area (TPSA) is 41.1 Å². The lowest BCUT2D eigenvalue weighted by Crippen LogP contribution is -2.34. The molecule has 0 aliphatic carbocycles. The number of nitrogens with one attached hydrogen (secondary N) is 2. The standard InChI is InChI=1S/C13H19FN2O/c1-9(2)15-6-7-16-13(17)11-5-4-10(3)8-12(11)14/h4-5,8-9,15H,6-7H2,1-3H3,(H,16,17). The van der Waals surface area contributed by atoms with Gasteiger partial charge in [-0.3, -0.25) is 4.79 Å². The molecule has 0 radical (unpaired) electrons. The van der Waals surface area contributed by atoms with Crippen molar-refractivity contribution in [3.63, 3.8) is 0 Å². The number of halogens is 1. The number of hydrogen-bond donors (Lipinski definition) is 2. The summed E-state index contributed by atoms with van der Waals surface area (Å²) in [6.07, 6.45) is 0. The molecule has 0 bridgehead atoms. The van der Waals surface area contributed by atoms with Gasteiger partial charge in [0.2, 0.25) is 0 Å². The first-order valence-corrected chi connectivity index (χ1v) is 5.78. The monoisotopic (exact) mass is 238 g/mol. The third kappa shape index (κ3) is 4.53. The fourth-order valence-electron chi connectivity index (χ4n) is 1.44. The second-order valence-corrected chi connectivity index (χ2v) is 4.35. The molecule has 94 valence electrons. The molecule has 0 fully saturated rings. The fourth-order valence-corrected chi connectivity index (χ4v) is 1.44. The molecule has 1 amide bonds. The van der Waals surface area contributed by atoms with Gasteiger partial charge in [0.25, 0.3) is 5.91 Å². The van der Waals surface area contributed by atoms with E-state index in [2.05, 4.69) is 10.6 Å². The summed E-state index contributed by atoms with van der Waals surface area (Å²) in [6.45, 7) is 7.02. The lowest BCUT2D eigenvalue weighted by Gasteiger charge is -2.09. The number of benzene rings is 1. The SMILES string of the molecule is Cc1ccc(C(=O)NCCNC(C)C)c(F)c1. The van der Waals surface area contributed by atoms with Gasteiger partial charge < -0.3 is 10.6 Å². The molecule has 1 aromatic carbocycles. The molecule has 0 saturated carbocycles. The number of carbonyl (C=O) groups excluding carboxylic acids is 1. The number of hydrogen-bond acceptors (Lipinski definition) is 2. The highest BCUT2D eigenvalue weighted by Crippen LogP contribution is 2.09. The van der Waals surface area contributed by atoms with E-state index in [-0.39, 0.29) is 11.5 Å². The molecule has 4 heteroatoms. The first kappa shape index (κ1) is 13.6. The summed E-state index contributed by atoms with van der Waals surface area (Å²) in [7, 11) is 0. The van der Waals surface area contributed by atoms with E-state index in [1.165, 1.54) is 12.1 Å². The minimum atomic E-state index is -0.473. The smallest absolute Gasteiger partial charge is 0.254 e. The molecule has 17 heavy (non-hydrogen) atoms. The van der Waals surface area contributed by atoms with Gasteiger partial charge >= 0.3 is 0 Å². The van der Waals surface area contributed by atoms with Crippen LogP contribution in [0.15, 0.2) is 18.2 Å². The Labute approximate surface area is 101 Å². The maximum absolute atomic E-state index is 13.5. The Morgan fingerprint density at radius 2 is 2.06 bits per heavy atom. The van der Waals surface area contributed by atoms with E-state index in [0.717, 1.165) is 5.56 Å². The largest absolute Gasteiger partial charge is 0.351 e. The Morgan fingerprint density at radius 3 is 2.65 bits per heavy atom. The average Bonchev–Trinajstić information content (AvgIpc) is 2.23. The van der Waals surface area contributed by atoms with E-state index in [0.29, 0.717) is 19.1 Å². The molecule has 2 N–H and O–H groups in total. The van der Waals surface area contributed by atoms with Gasteiger partial charge in [-0.1, -0.05) is 19.9 Å². The Balaban J connectivity index is 2.47. The number of amides is 1. The zero-order valence-electron chi connectivity index (χ0n) is 10.5. The van der Waals surface area contributed by atoms with E-state index in [1.807, 2.05) is 13.8 Å². The second-order valence-electron chi connectivity index (χ2n) is 4.35. The van der Waals surface area contributed by atoms with Crippen molar-refractivity contribution in [1.82, 2.24) is 10.6 Å². The van der Waals surface area contributed by atoms with Gasteiger partial charge in [-0.25, -0.2) is 4.39 Å². The van der Waals surface area contributed by atoms with Gasteiger partial charge in [-0.2, -0.15) is 0 Å². The number of rotatable bonds is 5. The van der Waals surface area contributed by atoms with Crippen LogP contribution in [0.3, 0.4) is 0 Å². The van der Waals surface area contributed by atoms with Crippen LogP contribution in [0.1, 0.15) is 29.8 Å². The number of aryl methyl sites for hydroxylation is 1. The summed E-state index contributed by atoms with van der Waals surface area (Å²) < 4.78 is 13.5. The first-order valence-electron chi connectivity index (χ1n) is 5.78. The Bertz CT molecular complexity index is 391. The van der Waals surface area contributed by atoms with Gasteiger partial charge in [-0.15, -0.1) is 0 Å². The van der Waals surface area contributed by atoms with Gasteiger partial charge in [0.1, 0.15) is 5.82 Å². The van der Waals surface area contributed by atoms with Crippen molar-refractivity contribution in [3.8, 4) is 0 Å². The molecule has 0 heterocycles. The predicted molar refractivity (Wildman–Crippen MR) is 66.6 cm³/mol. The second kappa shape index (κ2) is 6.35. The van der Waals surface area contributed by atoms with Crippen molar-refractivity contribution < 1.29 is 9.18 Å². The minimum Gasteiger partial charge on any atom is -0.351 e. The molecule has 0 aliphatic heterocycles.